The Bertz CT molecular complexity index is 2080. The first kappa shape index (κ1) is 28.0. The monoisotopic (exact) mass is 615 g/mol. The van der Waals surface area contributed by atoms with Crippen molar-refractivity contribution in [2.45, 2.75) is 82.5 Å². The first-order chi connectivity index (χ1) is 22.8. The number of nitrogens with zero attached hydrogens (tertiary/aromatic N) is 1. The van der Waals surface area contributed by atoms with E-state index in [0.29, 0.717) is 11.8 Å². The predicted octanol–water partition coefficient (Wildman–Crippen LogP) is 12.1. The van der Waals surface area contributed by atoms with Gasteiger partial charge in [0.05, 0.1) is 11.4 Å². The molecule has 6 aliphatic rings. The van der Waals surface area contributed by atoms with Crippen LogP contribution in [0.2, 0.25) is 0 Å². The van der Waals surface area contributed by atoms with Gasteiger partial charge in [0.2, 0.25) is 0 Å². The molecule has 0 radical (unpaired) electrons. The summed E-state index contributed by atoms with van der Waals surface area (Å²) in [6.45, 7) is 9.80. The van der Waals surface area contributed by atoms with Crippen LogP contribution in [0.4, 0.5) is 17.1 Å². The topological polar surface area (TPSA) is 12.5 Å². The van der Waals surface area contributed by atoms with E-state index in [-0.39, 0.29) is 16.2 Å². The second kappa shape index (κ2) is 9.53. The van der Waals surface area contributed by atoms with Crippen molar-refractivity contribution in [1.82, 2.24) is 0 Å². The van der Waals surface area contributed by atoms with Gasteiger partial charge in [0.25, 0.3) is 0 Å². The van der Waals surface area contributed by atoms with Crippen molar-refractivity contribution < 1.29 is 4.74 Å². The van der Waals surface area contributed by atoms with Crippen molar-refractivity contribution in [3.05, 3.63) is 125 Å². The summed E-state index contributed by atoms with van der Waals surface area (Å²) in [6, 6.07) is 39.1. The molecule has 1 heterocycles. The molecular weight excluding hydrogens is 571 g/mol. The highest BCUT2D eigenvalue weighted by atomic mass is 16.5. The van der Waals surface area contributed by atoms with Crippen LogP contribution in [0.5, 0.6) is 11.5 Å². The van der Waals surface area contributed by atoms with Crippen molar-refractivity contribution in [3.63, 3.8) is 0 Å². The van der Waals surface area contributed by atoms with Gasteiger partial charge in [-0.15, -0.1) is 0 Å². The van der Waals surface area contributed by atoms with Gasteiger partial charge in [0.1, 0.15) is 11.5 Å². The lowest BCUT2D eigenvalue weighted by molar-refractivity contribution is 0.173. The number of hydrogen-bond acceptors (Lipinski definition) is 2. The molecule has 0 N–H and O–H groups in total. The fourth-order valence-electron chi connectivity index (χ4n) is 11.6. The van der Waals surface area contributed by atoms with Crippen molar-refractivity contribution in [1.29, 1.82) is 0 Å². The maximum Gasteiger partial charge on any atom is 0.131 e. The fourth-order valence-corrected chi connectivity index (χ4v) is 11.6. The van der Waals surface area contributed by atoms with Crippen LogP contribution in [0.25, 0.3) is 10.8 Å². The van der Waals surface area contributed by atoms with Gasteiger partial charge in [-0.05, 0) is 126 Å². The van der Waals surface area contributed by atoms with E-state index in [0.717, 1.165) is 23.3 Å². The van der Waals surface area contributed by atoms with Gasteiger partial charge >= 0.3 is 0 Å². The molecule has 47 heavy (non-hydrogen) atoms. The average molecular weight is 616 g/mol. The molecule has 4 fully saturated rings. The Hall–Kier alpha value is -4.04. The number of rotatable bonds is 3. The van der Waals surface area contributed by atoms with E-state index in [9.17, 15) is 0 Å². The van der Waals surface area contributed by atoms with Crippen molar-refractivity contribution in [2.75, 3.05) is 4.90 Å². The molecule has 2 heteroatoms. The lowest BCUT2D eigenvalue weighted by atomic mass is 9.56. The minimum Gasteiger partial charge on any atom is -0.457 e. The molecule has 4 saturated carbocycles. The van der Waals surface area contributed by atoms with Crippen LogP contribution in [0.1, 0.15) is 88.5 Å². The van der Waals surface area contributed by atoms with E-state index in [1.807, 2.05) is 0 Å². The lowest BCUT2D eigenvalue weighted by Gasteiger charge is -2.49. The Kier molecular flexibility index (Phi) is 5.68. The summed E-state index contributed by atoms with van der Waals surface area (Å²) in [7, 11) is 0. The van der Waals surface area contributed by atoms with E-state index >= 15 is 0 Å². The first-order valence-electron chi connectivity index (χ1n) is 18.1. The Balaban J connectivity index is 1.26. The predicted molar refractivity (Wildman–Crippen MR) is 194 cm³/mol. The summed E-state index contributed by atoms with van der Waals surface area (Å²) in [5.74, 6) is 5.26. The molecule has 4 bridgehead atoms. The molecule has 0 saturated heterocycles. The molecule has 0 amide bonds. The Morgan fingerprint density at radius 3 is 2.23 bits per heavy atom. The van der Waals surface area contributed by atoms with Gasteiger partial charge in [-0.1, -0.05) is 94.4 Å². The maximum atomic E-state index is 6.83. The Labute approximate surface area is 279 Å². The Morgan fingerprint density at radius 1 is 0.617 bits per heavy atom. The quantitative estimate of drug-likeness (QED) is 0.200. The summed E-state index contributed by atoms with van der Waals surface area (Å²) < 4.78 is 6.83. The molecule has 5 aromatic rings. The van der Waals surface area contributed by atoms with Gasteiger partial charge in [-0.2, -0.15) is 0 Å². The zero-order valence-corrected chi connectivity index (χ0v) is 28.2. The summed E-state index contributed by atoms with van der Waals surface area (Å²) in [6.07, 6.45) is 7.88. The van der Waals surface area contributed by atoms with Gasteiger partial charge in [-0.3, -0.25) is 0 Å². The molecule has 11 rings (SSSR count). The SMILES string of the molecule is CC1(C)CCC(C)(C)c2c(N(c3ccc4c(c3)C3(c5ccccc5O4)C4CC5CC(C4)C3C5)c3cccc4ccccc34)cccc21. The minimum absolute atomic E-state index is 0.0274. The third kappa shape index (κ3) is 3.73. The fraction of sp³-hybridized carbons (Fsp3) is 0.378. The number of ether oxygens (including phenoxy) is 1. The zero-order valence-electron chi connectivity index (χ0n) is 28.2. The number of para-hydroxylation sites is 1. The summed E-state index contributed by atoms with van der Waals surface area (Å²) in [5.41, 5.74) is 9.89. The third-order valence-corrected chi connectivity index (χ3v) is 13.5. The lowest BCUT2D eigenvalue weighted by Crippen LogP contribution is -2.44. The third-order valence-electron chi connectivity index (χ3n) is 13.5. The Morgan fingerprint density at radius 2 is 1.34 bits per heavy atom. The number of hydrogen-bond donors (Lipinski definition) is 0. The van der Waals surface area contributed by atoms with Crippen molar-refractivity contribution in [3.8, 4) is 11.5 Å². The molecule has 0 aromatic heterocycles. The molecule has 5 unspecified atom stereocenters. The van der Waals surface area contributed by atoms with Gasteiger partial charge < -0.3 is 9.64 Å². The molecule has 5 aromatic carbocycles. The summed E-state index contributed by atoms with van der Waals surface area (Å²) in [4.78, 5) is 2.61. The molecule has 2 nitrogen and oxygen atoms in total. The number of benzene rings is 5. The van der Waals surface area contributed by atoms with Crippen LogP contribution in [0.15, 0.2) is 103 Å². The van der Waals surface area contributed by atoms with Gasteiger partial charge in [-0.25, -0.2) is 0 Å². The van der Waals surface area contributed by atoms with E-state index in [1.165, 1.54) is 88.6 Å². The minimum atomic E-state index is 0.0274. The van der Waals surface area contributed by atoms with Crippen LogP contribution in [-0.4, -0.2) is 0 Å². The molecular formula is C45H45NO. The van der Waals surface area contributed by atoms with Crippen LogP contribution in [-0.2, 0) is 16.2 Å². The molecule has 1 aliphatic heterocycles. The highest BCUT2D eigenvalue weighted by Gasteiger charge is 2.65. The average Bonchev–Trinajstić information content (AvgIpc) is 3.49. The van der Waals surface area contributed by atoms with E-state index in [4.69, 9.17) is 4.74 Å². The molecule has 5 aliphatic carbocycles. The highest BCUT2D eigenvalue weighted by molar-refractivity contribution is 5.99. The van der Waals surface area contributed by atoms with Crippen LogP contribution in [0, 0.1) is 23.7 Å². The summed E-state index contributed by atoms with van der Waals surface area (Å²) in [5, 5.41) is 2.56. The smallest absolute Gasteiger partial charge is 0.131 e. The van der Waals surface area contributed by atoms with Crippen molar-refractivity contribution in [2.24, 2.45) is 23.7 Å². The number of anilines is 3. The highest BCUT2D eigenvalue weighted by Crippen LogP contribution is 2.72. The van der Waals surface area contributed by atoms with Crippen molar-refractivity contribution >= 4 is 27.8 Å². The number of fused-ring (bicyclic) bond motifs is 4. The van der Waals surface area contributed by atoms with Gasteiger partial charge in [0.15, 0.2) is 0 Å². The van der Waals surface area contributed by atoms with E-state index in [2.05, 4.69) is 136 Å². The maximum absolute atomic E-state index is 6.83. The molecule has 5 atom stereocenters. The van der Waals surface area contributed by atoms with E-state index in [1.54, 1.807) is 0 Å². The van der Waals surface area contributed by atoms with E-state index < -0.39 is 0 Å². The van der Waals surface area contributed by atoms with Crippen LogP contribution in [0.3, 0.4) is 0 Å². The normalized spacial score (nSPS) is 28.5. The standard InChI is InChI=1S/C45H45NO/c1-43(2)21-22-44(3,4)42-35(43)15-10-17-39(42)46(38-16-9-12-29-11-5-6-13-33(29)38)32-19-20-41-37(27-32)45(34-14-7-8-18-40(34)47-41)31-24-28-23-30(26-31)36(45)25-28/h5-20,27-28,30-31,36H,21-26H2,1-4H3. The molecule has 236 valence electrons. The second-order valence-corrected chi connectivity index (χ2v) is 16.8. The first-order valence-corrected chi connectivity index (χ1v) is 18.1. The van der Waals surface area contributed by atoms with Crippen LogP contribution < -0.4 is 9.64 Å². The second-order valence-electron chi connectivity index (χ2n) is 16.8. The van der Waals surface area contributed by atoms with Crippen LogP contribution >= 0.6 is 0 Å². The van der Waals surface area contributed by atoms with Gasteiger partial charge in [0, 0.05) is 27.6 Å². The molecule has 1 spiro atoms. The zero-order chi connectivity index (χ0) is 31.7. The largest absolute Gasteiger partial charge is 0.457 e. The summed E-state index contributed by atoms with van der Waals surface area (Å²) >= 11 is 0.